The lowest BCUT2D eigenvalue weighted by atomic mass is 9.63. The Morgan fingerprint density at radius 1 is 1.38 bits per heavy atom. The van der Waals surface area contributed by atoms with Gasteiger partial charge in [0, 0.05) is 6.04 Å². The summed E-state index contributed by atoms with van der Waals surface area (Å²) in [4.78, 5) is 18.3. The van der Waals surface area contributed by atoms with E-state index in [0.717, 1.165) is 11.8 Å². The van der Waals surface area contributed by atoms with Crippen LogP contribution in [0.4, 0.5) is 17.3 Å². The van der Waals surface area contributed by atoms with Crippen molar-refractivity contribution in [1.82, 2.24) is 9.97 Å². The van der Waals surface area contributed by atoms with Gasteiger partial charge in [-0.15, -0.1) is 0 Å². The van der Waals surface area contributed by atoms with E-state index in [1.54, 1.807) is 0 Å². The summed E-state index contributed by atoms with van der Waals surface area (Å²) in [6.07, 6.45) is 7.74. The molecule has 2 atom stereocenters. The third-order valence-corrected chi connectivity index (χ3v) is 5.14. The maximum Gasteiger partial charge on any atom is 0.352 e. The number of fused-ring (bicyclic) bond motifs is 3. The van der Waals surface area contributed by atoms with Crippen LogP contribution >= 0.6 is 0 Å². The smallest absolute Gasteiger partial charge is 0.352 e. The molecule has 3 aliphatic carbocycles. The van der Waals surface area contributed by atoms with E-state index >= 15 is 0 Å². The molecule has 21 heavy (non-hydrogen) atoms. The van der Waals surface area contributed by atoms with Gasteiger partial charge in [0.25, 0.3) is 0 Å². The zero-order chi connectivity index (χ0) is 15.0. The van der Waals surface area contributed by atoms with Crippen LogP contribution in [0.5, 0.6) is 0 Å². The summed E-state index contributed by atoms with van der Waals surface area (Å²) in [5.41, 5.74) is 5.39. The molecular formula is C14H21N5O2. The van der Waals surface area contributed by atoms with Crippen molar-refractivity contribution in [2.24, 2.45) is 17.8 Å². The predicted octanol–water partition coefficient (Wildman–Crippen LogP) is 2.59. The number of nitrogens with one attached hydrogen (secondary N) is 1. The van der Waals surface area contributed by atoms with Gasteiger partial charge in [-0.1, -0.05) is 12.8 Å². The van der Waals surface area contributed by atoms with E-state index in [2.05, 4.69) is 22.2 Å². The first-order valence-electron chi connectivity index (χ1n) is 7.57. The van der Waals surface area contributed by atoms with Crippen molar-refractivity contribution in [3.05, 3.63) is 16.4 Å². The average molecular weight is 291 g/mol. The number of aromatic nitrogens is 2. The topological polar surface area (TPSA) is 107 Å². The highest BCUT2D eigenvalue weighted by Crippen LogP contribution is 2.46. The maximum absolute atomic E-state index is 11.1. The SMILES string of the molecule is C[C@H](Nc1ncnc(N)c1[N+](=O)[O-])[C@H]1CC2CCC1CC2. The van der Waals surface area contributed by atoms with Gasteiger partial charge in [0.2, 0.25) is 11.6 Å². The minimum atomic E-state index is -0.516. The summed E-state index contributed by atoms with van der Waals surface area (Å²) in [7, 11) is 0. The molecule has 114 valence electrons. The van der Waals surface area contributed by atoms with Crippen molar-refractivity contribution in [2.75, 3.05) is 11.1 Å². The highest BCUT2D eigenvalue weighted by Gasteiger charge is 2.38. The molecule has 1 aromatic rings. The lowest BCUT2D eigenvalue weighted by molar-refractivity contribution is -0.383. The second kappa shape index (κ2) is 5.46. The number of hydrogen-bond donors (Lipinski definition) is 2. The zero-order valence-electron chi connectivity index (χ0n) is 12.2. The Bertz CT molecular complexity index is 542. The van der Waals surface area contributed by atoms with Gasteiger partial charge in [0.15, 0.2) is 0 Å². The van der Waals surface area contributed by atoms with Crippen LogP contribution < -0.4 is 11.1 Å². The Labute approximate surface area is 123 Å². The summed E-state index contributed by atoms with van der Waals surface area (Å²) >= 11 is 0. The van der Waals surface area contributed by atoms with Crippen molar-refractivity contribution in [1.29, 1.82) is 0 Å². The Morgan fingerprint density at radius 3 is 2.67 bits per heavy atom. The Morgan fingerprint density at radius 2 is 2.10 bits per heavy atom. The lowest BCUT2D eigenvalue weighted by Gasteiger charge is -2.45. The van der Waals surface area contributed by atoms with E-state index < -0.39 is 4.92 Å². The van der Waals surface area contributed by atoms with Crippen LogP contribution in [0, 0.1) is 27.9 Å². The third kappa shape index (κ3) is 2.64. The molecule has 0 spiro atoms. The van der Waals surface area contributed by atoms with Crippen molar-refractivity contribution in [2.45, 2.75) is 45.1 Å². The van der Waals surface area contributed by atoms with Crippen LogP contribution in [0.25, 0.3) is 0 Å². The minimum Gasteiger partial charge on any atom is -0.378 e. The molecule has 3 fully saturated rings. The molecule has 3 N–H and O–H groups in total. The number of nitro groups is 1. The maximum atomic E-state index is 11.1. The van der Waals surface area contributed by atoms with Gasteiger partial charge >= 0.3 is 5.69 Å². The molecule has 0 radical (unpaired) electrons. The van der Waals surface area contributed by atoms with E-state index in [-0.39, 0.29) is 23.4 Å². The summed E-state index contributed by atoms with van der Waals surface area (Å²) in [6, 6.07) is 0.158. The number of nitrogens with zero attached hydrogens (tertiary/aromatic N) is 3. The molecule has 1 aromatic heterocycles. The van der Waals surface area contributed by atoms with Crippen LogP contribution in [-0.2, 0) is 0 Å². The molecule has 0 amide bonds. The molecule has 3 aliphatic rings. The molecule has 4 rings (SSSR count). The standard InChI is InChI=1S/C14H21N5O2/c1-8(11-6-9-2-4-10(11)5-3-9)18-14-12(19(20)21)13(15)16-7-17-14/h7-11H,2-6H2,1H3,(H3,15,16,17,18)/t8-,9?,10?,11+/m0/s1. The molecule has 0 unspecified atom stereocenters. The first kappa shape index (κ1) is 14.0. The predicted molar refractivity (Wildman–Crippen MR) is 79.7 cm³/mol. The number of nitrogen functional groups attached to an aromatic ring is 1. The van der Waals surface area contributed by atoms with Crippen molar-refractivity contribution < 1.29 is 4.92 Å². The summed E-state index contributed by atoms with van der Waals surface area (Å²) < 4.78 is 0. The fourth-order valence-electron chi connectivity index (χ4n) is 4.04. The van der Waals surface area contributed by atoms with Crippen LogP contribution in [0.1, 0.15) is 39.0 Å². The van der Waals surface area contributed by atoms with Crippen molar-refractivity contribution in [3.8, 4) is 0 Å². The first-order valence-corrected chi connectivity index (χ1v) is 7.57. The fraction of sp³-hybridized carbons (Fsp3) is 0.714. The zero-order valence-corrected chi connectivity index (χ0v) is 12.2. The molecule has 7 heteroatoms. The van der Waals surface area contributed by atoms with Crippen LogP contribution in [-0.4, -0.2) is 20.9 Å². The highest BCUT2D eigenvalue weighted by molar-refractivity contribution is 5.67. The molecule has 0 aliphatic heterocycles. The largest absolute Gasteiger partial charge is 0.378 e. The van der Waals surface area contributed by atoms with Crippen molar-refractivity contribution >= 4 is 17.3 Å². The van der Waals surface area contributed by atoms with Crippen LogP contribution in [0.2, 0.25) is 0 Å². The summed E-state index contributed by atoms with van der Waals surface area (Å²) in [5.74, 6) is 2.27. The Balaban J connectivity index is 1.77. The van der Waals surface area contributed by atoms with Gasteiger partial charge in [-0.2, -0.15) is 0 Å². The normalized spacial score (nSPS) is 29.1. The van der Waals surface area contributed by atoms with E-state index in [1.165, 1.54) is 38.4 Å². The minimum absolute atomic E-state index is 0.0881. The highest BCUT2D eigenvalue weighted by atomic mass is 16.6. The van der Waals surface area contributed by atoms with E-state index in [1.807, 2.05) is 0 Å². The number of nitrogens with two attached hydrogens (primary N) is 1. The second-order valence-electron chi connectivity index (χ2n) is 6.33. The van der Waals surface area contributed by atoms with Gasteiger partial charge in [-0.25, -0.2) is 9.97 Å². The summed E-state index contributed by atoms with van der Waals surface area (Å²) in [6.45, 7) is 2.09. The molecular weight excluding hydrogens is 270 g/mol. The van der Waals surface area contributed by atoms with Gasteiger partial charge in [-0.05, 0) is 43.9 Å². The number of rotatable bonds is 4. The van der Waals surface area contributed by atoms with E-state index in [4.69, 9.17) is 5.73 Å². The molecule has 7 nitrogen and oxygen atoms in total. The van der Waals surface area contributed by atoms with Gasteiger partial charge < -0.3 is 11.1 Å². The molecule has 1 heterocycles. The molecule has 0 aromatic carbocycles. The van der Waals surface area contributed by atoms with E-state index in [9.17, 15) is 10.1 Å². The lowest BCUT2D eigenvalue weighted by Crippen LogP contribution is -2.40. The van der Waals surface area contributed by atoms with Crippen LogP contribution in [0.3, 0.4) is 0 Å². The van der Waals surface area contributed by atoms with Crippen molar-refractivity contribution in [3.63, 3.8) is 0 Å². The summed E-state index contributed by atoms with van der Waals surface area (Å²) in [5, 5.41) is 14.3. The second-order valence-corrected chi connectivity index (χ2v) is 6.33. The first-order chi connectivity index (χ1) is 10.1. The quantitative estimate of drug-likeness (QED) is 0.652. The fourth-order valence-corrected chi connectivity index (χ4v) is 4.04. The molecule has 3 saturated carbocycles. The Hall–Kier alpha value is -1.92. The third-order valence-electron chi connectivity index (χ3n) is 5.14. The van der Waals surface area contributed by atoms with Gasteiger partial charge in [0.05, 0.1) is 4.92 Å². The molecule has 0 saturated heterocycles. The molecule has 2 bridgehead atoms. The Kier molecular flexibility index (Phi) is 3.65. The van der Waals surface area contributed by atoms with E-state index in [0.29, 0.717) is 5.92 Å². The van der Waals surface area contributed by atoms with Gasteiger partial charge in [0.1, 0.15) is 6.33 Å². The number of hydrogen-bond acceptors (Lipinski definition) is 6. The van der Waals surface area contributed by atoms with Crippen LogP contribution in [0.15, 0.2) is 6.33 Å². The number of anilines is 2. The average Bonchev–Trinajstić information content (AvgIpc) is 2.48. The van der Waals surface area contributed by atoms with Gasteiger partial charge in [-0.3, -0.25) is 10.1 Å². The monoisotopic (exact) mass is 291 g/mol.